The molecule has 0 aliphatic carbocycles. The van der Waals surface area contributed by atoms with E-state index in [2.05, 4.69) is 15.5 Å². The number of aryl methyl sites for hydroxylation is 1. The van der Waals surface area contributed by atoms with Gasteiger partial charge in [-0.05, 0) is 26.7 Å². The fourth-order valence-electron chi connectivity index (χ4n) is 1.53. The zero-order chi connectivity index (χ0) is 12.7. The molecule has 1 aromatic rings. The van der Waals surface area contributed by atoms with Crippen LogP contribution in [0.3, 0.4) is 0 Å². The van der Waals surface area contributed by atoms with Gasteiger partial charge in [0.2, 0.25) is 5.91 Å². The van der Waals surface area contributed by atoms with Crippen LogP contribution in [0.5, 0.6) is 0 Å². The maximum atomic E-state index is 11.5. The Morgan fingerprint density at radius 2 is 2.41 bits per heavy atom. The molecule has 0 aliphatic rings. The summed E-state index contributed by atoms with van der Waals surface area (Å²) >= 11 is 0. The fraction of sp³-hybridized carbons (Fsp3) is 0.727. The SMILES string of the molecule is CCn1cnnc1CNC(=O)CCCC(C)N. The van der Waals surface area contributed by atoms with Crippen LogP contribution in [0, 0.1) is 0 Å². The van der Waals surface area contributed by atoms with Crippen molar-refractivity contribution >= 4 is 5.91 Å². The van der Waals surface area contributed by atoms with Crippen LogP contribution in [-0.4, -0.2) is 26.7 Å². The highest BCUT2D eigenvalue weighted by atomic mass is 16.1. The molecule has 17 heavy (non-hydrogen) atoms. The smallest absolute Gasteiger partial charge is 0.220 e. The lowest BCUT2D eigenvalue weighted by atomic mass is 10.1. The minimum atomic E-state index is 0.0382. The molecule has 1 amide bonds. The van der Waals surface area contributed by atoms with Crippen LogP contribution >= 0.6 is 0 Å². The van der Waals surface area contributed by atoms with Gasteiger partial charge in [0.15, 0.2) is 5.82 Å². The number of carbonyl (C=O) groups is 1. The maximum Gasteiger partial charge on any atom is 0.220 e. The molecule has 6 nitrogen and oxygen atoms in total. The summed E-state index contributed by atoms with van der Waals surface area (Å²) in [6.07, 6.45) is 3.88. The summed E-state index contributed by atoms with van der Waals surface area (Å²) in [4.78, 5) is 11.5. The normalized spacial score (nSPS) is 12.4. The van der Waals surface area contributed by atoms with Gasteiger partial charge in [0.05, 0.1) is 6.54 Å². The van der Waals surface area contributed by atoms with E-state index in [1.165, 1.54) is 0 Å². The van der Waals surface area contributed by atoms with Crippen molar-refractivity contribution in [2.75, 3.05) is 0 Å². The van der Waals surface area contributed by atoms with Crippen LogP contribution < -0.4 is 11.1 Å². The maximum absolute atomic E-state index is 11.5. The van der Waals surface area contributed by atoms with E-state index in [1.54, 1.807) is 6.33 Å². The summed E-state index contributed by atoms with van der Waals surface area (Å²) in [5.74, 6) is 0.823. The van der Waals surface area contributed by atoms with E-state index in [0.29, 0.717) is 13.0 Å². The molecular formula is C11H21N5O. The van der Waals surface area contributed by atoms with Crippen LogP contribution in [0.4, 0.5) is 0 Å². The molecule has 3 N–H and O–H groups in total. The first-order chi connectivity index (χ1) is 8.13. The van der Waals surface area contributed by atoms with Gasteiger partial charge in [-0.3, -0.25) is 4.79 Å². The van der Waals surface area contributed by atoms with Crippen molar-refractivity contribution in [1.29, 1.82) is 0 Å². The molecule has 0 aliphatic heterocycles. The average molecular weight is 239 g/mol. The van der Waals surface area contributed by atoms with Crippen molar-refractivity contribution in [1.82, 2.24) is 20.1 Å². The molecule has 1 heterocycles. The van der Waals surface area contributed by atoms with E-state index in [4.69, 9.17) is 5.73 Å². The lowest BCUT2D eigenvalue weighted by molar-refractivity contribution is -0.121. The predicted octanol–water partition coefficient (Wildman–Crippen LogP) is 0.432. The molecule has 1 aromatic heterocycles. The third-order valence-electron chi connectivity index (χ3n) is 2.54. The fourth-order valence-corrected chi connectivity index (χ4v) is 1.53. The standard InChI is InChI=1S/C11H21N5O/c1-3-16-8-14-15-10(16)7-13-11(17)6-4-5-9(2)12/h8-9H,3-7,12H2,1-2H3,(H,13,17). The van der Waals surface area contributed by atoms with Gasteiger partial charge in [0.25, 0.3) is 0 Å². The van der Waals surface area contributed by atoms with Crippen molar-refractivity contribution < 1.29 is 4.79 Å². The van der Waals surface area contributed by atoms with Gasteiger partial charge in [-0.2, -0.15) is 0 Å². The Labute approximate surface area is 102 Å². The van der Waals surface area contributed by atoms with Gasteiger partial charge >= 0.3 is 0 Å². The number of rotatable bonds is 7. The van der Waals surface area contributed by atoms with E-state index >= 15 is 0 Å². The average Bonchev–Trinajstić information content (AvgIpc) is 2.73. The summed E-state index contributed by atoms with van der Waals surface area (Å²) in [6.45, 7) is 5.20. The van der Waals surface area contributed by atoms with Crippen LogP contribution in [0.15, 0.2) is 6.33 Å². The van der Waals surface area contributed by atoms with Gasteiger partial charge in [-0.15, -0.1) is 10.2 Å². The number of aromatic nitrogens is 3. The highest BCUT2D eigenvalue weighted by molar-refractivity contribution is 5.75. The van der Waals surface area contributed by atoms with E-state index < -0.39 is 0 Å². The zero-order valence-corrected chi connectivity index (χ0v) is 10.5. The van der Waals surface area contributed by atoms with E-state index in [-0.39, 0.29) is 11.9 Å². The largest absolute Gasteiger partial charge is 0.349 e. The van der Waals surface area contributed by atoms with Crippen molar-refractivity contribution in [3.05, 3.63) is 12.2 Å². The Morgan fingerprint density at radius 1 is 1.65 bits per heavy atom. The number of nitrogens with zero attached hydrogens (tertiary/aromatic N) is 3. The number of hydrogen-bond donors (Lipinski definition) is 2. The first kappa shape index (κ1) is 13.6. The summed E-state index contributed by atoms with van der Waals surface area (Å²) in [5, 5.41) is 10.6. The zero-order valence-electron chi connectivity index (χ0n) is 10.5. The van der Waals surface area contributed by atoms with Gasteiger partial charge in [-0.1, -0.05) is 0 Å². The molecule has 1 rings (SSSR count). The first-order valence-corrected chi connectivity index (χ1v) is 6.02. The molecule has 0 bridgehead atoms. The highest BCUT2D eigenvalue weighted by Gasteiger charge is 2.06. The molecule has 1 unspecified atom stereocenters. The lowest BCUT2D eigenvalue weighted by Crippen LogP contribution is -2.25. The first-order valence-electron chi connectivity index (χ1n) is 6.02. The van der Waals surface area contributed by atoms with Crippen LogP contribution in [0.25, 0.3) is 0 Å². The third kappa shape index (κ3) is 4.95. The molecule has 0 saturated carbocycles. The van der Waals surface area contributed by atoms with Gasteiger partial charge < -0.3 is 15.6 Å². The summed E-state index contributed by atoms with van der Waals surface area (Å²) in [6, 6.07) is 0.158. The van der Waals surface area contributed by atoms with Gasteiger partial charge in [0.1, 0.15) is 6.33 Å². The van der Waals surface area contributed by atoms with Crippen LogP contribution in [0.1, 0.15) is 38.9 Å². The molecule has 0 fully saturated rings. The topological polar surface area (TPSA) is 85.8 Å². The third-order valence-corrected chi connectivity index (χ3v) is 2.54. The molecular weight excluding hydrogens is 218 g/mol. The van der Waals surface area contributed by atoms with Crippen molar-refractivity contribution in [3.8, 4) is 0 Å². The summed E-state index contributed by atoms with van der Waals surface area (Å²) in [5.41, 5.74) is 5.61. The van der Waals surface area contributed by atoms with Gasteiger partial charge in [0, 0.05) is 19.0 Å². The number of hydrogen-bond acceptors (Lipinski definition) is 4. The Kier molecular flexibility index (Phi) is 5.62. The second-order valence-electron chi connectivity index (χ2n) is 4.18. The Hall–Kier alpha value is -1.43. The van der Waals surface area contributed by atoms with Crippen molar-refractivity contribution in [2.45, 2.75) is 52.2 Å². The molecule has 0 spiro atoms. The number of nitrogens with two attached hydrogens (primary N) is 1. The van der Waals surface area contributed by atoms with E-state index in [1.807, 2.05) is 18.4 Å². The molecule has 0 radical (unpaired) electrons. The van der Waals surface area contributed by atoms with Crippen molar-refractivity contribution in [3.63, 3.8) is 0 Å². The Balaban J connectivity index is 2.24. The van der Waals surface area contributed by atoms with Gasteiger partial charge in [-0.25, -0.2) is 0 Å². The second-order valence-corrected chi connectivity index (χ2v) is 4.18. The second kappa shape index (κ2) is 7.01. The predicted molar refractivity (Wildman–Crippen MR) is 65.0 cm³/mol. The highest BCUT2D eigenvalue weighted by Crippen LogP contribution is 1.99. The molecule has 0 aromatic carbocycles. The number of carbonyl (C=O) groups excluding carboxylic acids is 1. The van der Waals surface area contributed by atoms with Crippen molar-refractivity contribution in [2.24, 2.45) is 5.73 Å². The quantitative estimate of drug-likeness (QED) is 0.722. The number of nitrogens with one attached hydrogen (secondary N) is 1. The minimum absolute atomic E-state index is 0.0382. The van der Waals surface area contributed by atoms with E-state index in [0.717, 1.165) is 25.2 Å². The Bertz CT molecular complexity index is 347. The molecule has 1 atom stereocenters. The molecule has 6 heteroatoms. The lowest BCUT2D eigenvalue weighted by Gasteiger charge is -2.07. The number of amides is 1. The Morgan fingerprint density at radius 3 is 3.06 bits per heavy atom. The van der Waals surface area contributed by atoms with Crippen LogP contribution in [-0.2, 0) is 17.9 Å². The monoisotopic (exact) mass is 239 g/mol. The minimum Gasteiger partial charge on any atom is -0.349 e. The summed E-state index contributed by atoms with van der Waals surface area (Å²) in [7, 11) is 0. The van der Waals surface area contributed by atoms with E-state index in [9.17, 15) is 4.79 Å². The summed E-state index contributed by atoms with van der Waals surface area (Å²) < 4.78 is 1.90. The molecule has 96 valence electrons. The molecule has 0 saturated heterocycles. The van der Waals surface area contributed by atoms with Crippen LogP contribution in [0.2, 0.25) is 0 Å².